The van der Waals surface area contributed by atoms with E-state index in [2.05, 4.69) is 0 Å². The number of ether oxygens (including phenoxy) is 2. The van der Waals surface area contributed by atoms with Crippen molar-refractivity contribution in [2.75, 3.05) is 45.6 Å². The fourth-order valence-electron chi connectivity index (χ4n) is 2.34. The highest BCUT2D eigenvalue weighted by Gasteiger charge is 2.26. The SMILES string of the molecule is CCOc1ccccc1OCC(=O)N1CCN(S(C)(=O)=O)CC1. The molecule has 128 valence electrons. The first-order valence-corrected chi connectivity index (χ1v) is 9.34. The maximum atomic E-state index is 12.2. The number of carbonyl (C=O) groups excluding carboxylic acids is 1. The van der Waals surface area contributed by atoms with E-state index in [1.807, 2.05) is 19.1 Å². The number of hydrogen-bond donors (Lipinski definition) is 0. The van der Waals surface area contributed by atoms with Crippen molar-refractivity contribution in [2.45, 2.75) is 6.92 Å². The quantitative estimate of drug-likeness (QED) is 0.755. The lowest BCUT2D eigenvalue weighted by Gasteiger charge is -2.33. The van der Waals surface area contributed by atoms with Crippen LogP contribution in [-0.2, 0) is 14.8 Å². The monoisotopic (exact) mass is 342 g/mol. The Hall–Kier alpha value is -1.80. The minimum absolute atomic E-state index is 0.0943. The first-order chi connectivity index (χ1) is 10.9. The van der Waals surface area contributed by atoms with Gasteiger partial charge in [0.1, 0.15) is 0 Å². The molecule has 0 aliphatic carbocycles. The summed E-state index contributed by atoms with van der Waals surface area (Å²) in [7, 11) is -3.19. The van der Waals surface area contributed by atoms with Crippen LogP contribution in [0, 0.1) is 0 Å². The van der Waals surface area contributed by atoms with Gasteiger partial charge in [-0.3, -0.25) is 4.79 Å². The van der Waals surface area contributed by atoms with Gasteiger partial charge in [-0.25, -0.2) is 8.42 Å². The molecule has 1 fully saturated rings. The predicted molar refractivity (Wildman–Crippen MR) is 86.1 cm³/mol. The number of para-hydroxylation sites is 2. The summed E-state index contributed by atoms with van der Waals surface area (Å²) in [4.78, 5) is 13.8. The van der Waals surface area contributed by atoms with Crippen molar-refractivity contribution >= 4 is 15.9 Å². The first kappa shape index (κ1) is 17.6. The smallest absolute Gasteiger partial charge is 0.260 e. The van der Waals surface area contributed by atoms with Crippen molar-refractivity contribution in [2.24, 2.45) is 0 Å². The number of nitrogens with zero attached hydrogens (tertiary/aromatic N) is 2. The largest absolute Gasteiger partial charge is 0.490 e. The molecular weight excluding hydrogens is 320 g/mol. The second-order valence-corrected chi connectivity index (χ2v) is 7.19. The van der Waals surface area contributed by atoms with Crippen LogP contribution in [0.15, 0.2) is 24.3 Å². The van der Waals surface area contributed by atoms with Crippen LogP contribution < -0.4 is 9.47 Å². The molecule has 0 atom stereocenters. The Balaban J connectivity index is 1.87. The van der Waals surface area contributed by atoms with Crippen LogP contribution in [0.4, 0.5) is 0 Å². The summed E-state index contributed by atoms with van der Waals surface area (Å²) in [6.45, 7) is 3.69. The third-order valence-corrected chi connectivity index (χ3v) is 4.86. The van der Waals surface area contributed by atoms with Gasteiger partial charge in [0, 0.05) is 26.2 Å². The highest BCUT2D eigenvalue weighted by molar-refractivity contribution is 7.88. The van der Waals surface area contributed by atoms with Gasteiger partial charge in [0.05, 0.1) is 12.9 Å². The van der Waals surface area contributed by atoms with Crippen molar-refractivity contribution < 1.29 is 22.7 Å². The number of hydrogen-bond acceptors (Lipinski definition) is 5. The molecule has 1 aromatic carbocycles. The lowest BCUT2D eigenvalue weighted by molar-refractivity contribution is -0.134. The molecule has 0 saturated carbocycles. The maximum absolute atomic E-state index is 12.2. The highest BCUT2D eigenvalue weighted by atomic mass is 32.2. The fourth-order valence-corrected chi connectivity index (χ4v) is 3.17. The first-order valence-electron chi connectivity index (χ1n) is 7.49. The molecule has 23 heavy (non-hydrogen) atoms. The number of sulfonamides is 1. The van der Waals surface area contributed by atoms with Crippen molar-refractivity contribution in [3.05, 3.63) is 24.3 Å². The summed E-state index contributed by atoms with van der Waals surface area (Å²) in [5, 5.41) is 0. The van der Waals surface area contributed by atoms with Crippen LogP contribution in [0.1, 0.15) is 6.92 Å². The normalized spacial score (nSPS) is 16.2. The van der Waals surface area contributed by atoms with E-state index in [9.17, 15) is 13.2 Å². The average molecular weight is 342 g/mol. The molecule has 0 unspecified atom stereocenters. The molecule has 1 amide bonds. The Labute approximate surface area is 136 Å². The lowest BCUT2D eigenvalue weighted by atomic mass is 10.3. The molecule has 7 nitrogen and oxygen atoms in total. The van der Waals surface area contributed by atoms with Gasteiger partial charge in [-0.2, -0.15) is 4.31 Å². The molecule has 1 heterocycles. The van der Waals surface area contributed by atoms with Crippen LogP contribution in [-0.4, -0.2) is 69.2 Å². The zero-order valence-corrected chi connectivity index (χ0v) is 14.2. The summed E-state index contributed by atoms with van der Waals surface area (Å²) in [5.41, 5.74) is 0. The molecule has 1 aliphatic heterocycles. The third-order valence-electron chi connectivity index (χ3n) is 3.56. The number of amides is 1. The van der Waals surface area contributed by atoms with E-state index >= 15 is 0 Å². The Morgan fingerprint density at radius 3 is 2.17 bits per heavy atom. The molecule has 1 saturated heterocycles. The zero-order valence-electron chi connectivity index (χ0n) is 13.4. The molecule has 0 radical (unpaired) electrons. The summed E-state index contributed by atoms with van der Waals surface area (Å²) in [5.74, 6) is 0.964. The van der Waals surface area contributed by atoms with Gasteiger partial charge in [-0.15, -0.1) is 0 Å². The molecule has 0 bridgehead atoms. The van der Waals surface area contributed by atoms with Gasteiger partial charge in [0.2, 0.25) is 10.0 Å². The number of carbonyl (C=O) groups is 1. The Morgan fingerprint density at radius 1 is 1.09 bits per heavy atom. The zero-order chi connectivity index (χ0) is 16.9. The summed E-state index contributed by atoms with van der Waals surface area (Å²) in [6.07, 6.45) is 1.18. The van der Waals surface area contributed by atoms with Gasteiger partial charge >= 0.3 is 0 Å². The standard InChI is InChI=1S/C15H22N2O5S/c1-3-21-13-6-4-5-7-14(13)22-12-15(18)16-8-10-17(11-9-16)23(2,19)20/h4-7H,3,8-12H2,1-2H3. The lowest BCUT2D eigenvalue weighted by Crippen LogP contribution is -2.51. The van der Waals surface area contributed by atoms with E-state index in [0.29, 0.717) is 44.3 Å². The molecule has 0 spiro atoms. The molecule has 1 aliphatic rings. The minimum Gasteiger partial charge on any atom is -0.490 e. The van der Waals surface area contributed by atoms with Crippen LogP contribution in [0.25, 0.3) is 0 Å². The van der Waals surface area contributed by atoms with E-state index < -0.39 is 10.0 Å². The van der Waals surface area contributed by atoms with Gasteiger partial charge in [-0.05, 0) is 19.1 Å². The number of piperazine rings is 1. The van der Waals surface area contributed by atoms with Gasteiger partial charge in [0.15, 0.2) is 18.1 Å². The molecule has 2 rings (SSSR count). The van der Waals surface area contributed by atoms with Crippen LogP contribution in [0.5, 0.6) is 11.5 Å². The van der Waals surface area contributed by atoms with Gasteiger partial charge < -0.3 is 14.4 Å². The van der Waals surface area contributed by atoms with E-state index in [1.54, 1.807) is 17.0 Å². The van der Waals surface area contributed by atoms with Crippen molar-refractivity contribution in [3.8, 4) is 11.5 Å². The number of benzene rings is 1. The van der Waals surface area contributed by atoms with Crippen molar-refractivity contribution in [3.63, 3.8) is 0 Å². The van der Waals surface area contributed by atoms with E-state index in [4.69, 9.17) is 9.47 Å². The Bertz CT molecular complexity index is 639. The summed E-state index contributed by atoms with van der Waals surface area (Å²) >= 11 is 0. The van der Waals surface area contributed by atoms with E-state index in [1.165, 1.54) is 10.6 Å². The third kappa shape index (κ3) is 4.84. The highest BCUT2D eigenvalue weighted by Crippen LogP contribution is 2.26. The average Bonchev–Trinajstić information content (AvgIpc) is 2.53. The van der Waals surface area contributed by atoms with Crippen LogP contribution >= 0.6 is 0 Å². The second-order valence-electron chi connectivity index (χ2n) is 5.21. The second kappa shape index (κ2) is 7.65. The van der Waals surface area contributed by atoms with Gasteiger partial charge in [0.25, 0.3) is 5.91 Å². The number of rotatable bonds is 6. The van der Waals surface area contributed by atoms with Crippen molar-refractivity contribution in [1.29, 1.82) is 0 Å². The molecular formula is C15H22N2O5S. The summed E-state index contributed by atoms with van der Waals surface area (Å²) in [6, 6.07) is 7.19. The Kier molecular flexibility index (Phi) is 5.84. The topological polar surface area (TPSA) is 76.2 Å². The molecule has 1 aromatic rings. The molecule has 0 N–H and O–H groups in total. The van der Waals surface area contributed by atoms with E-state index in [-0.39, 0.29) is 12.5 Å². The van der Waals surface area contributed by atoms with Crippen LogP contribution in [0.2, 0.25) is 0 Å². The van der Waals surface area contributed by atoms with Crippen molar-refractivity contribution in [1.82, 2.24) is 9.21 Å². The summed E-state index contributed by atoms with van der Waals surface area (Å²) < 4.78 is 35.3. The fraction of sp³-hybridized carbons (Fsp3) is 0.533. The minimum atomic E-state index is -3.19. The molecule has 0 aromatic heterocycles. The van der Waals surface area contributed by atoms with Crippen LogP contribution in [0.3, 0.4) is 0 Å². The van der Waals surface area contributed by atoms with E-state index in [0.717, 1.165) is 0 Å². The Morgan fingerprint density at radius 2 is 1.65 bits per heavy atom. The molecule has 8 heteroatoms. The van der Waals surface area contributed by atoms with Gasteiger partial charge in [-0.1, -0.05) is 12.1 Å². The predicted octanol–water partition coefficient (Wildman–Crippen LogP) is 0.568. The maximum Gasteiger partial charge on any atom is 0.260 e.